The number of aryl methyl sites for hydroxylation is 2. The van der Waals surface area contributed by atoms with Gasteiger partial charge in [-0.1, -0.05) is 12.1 Å². The van der Waals surface area contributed by atoms with Gasteiger partial charge in [0, 0.05) is 61.6 Å². The van der Waals surface area contributed by atoms with Crippen molar-refractivity contribution in [1.29, 1.82) is 0 Å². The van der Waals surface area contributed by atoms with E-state index in [0.29, 0.717) is 11.6 Å². The molecule has 2 aromatic carbocycles. The van der Waals surface area contributed by atoms with Crippen molar-refractivity contribution >= 4 is 22.4 Å². The van der Waals surface area contributed by atoms with E-state index < -0.39 is 0 Å². The fourth-order valence-corrected chi connectivity index (χ4v) is 5.36. The zero-order valence-electron chi connectivity index (χ0n) is 21.1. The molecule has 0 radical (unpaired) electrons. The van der Waals surface area contributed by atoms with Gasteiger partial charge < -0.3 is 9.64 Å². The molecule has 2 fully saturated rings. The normalized spacial score (nSPS) is 16.9. The Hall–Kier alpha value is -3.55. The molecule has 2 aliphatic rings. The second-order valence-corrected chi connectivity index (χ2v) is 9.92. The first-order valence-corrected chi connectivity index (χ1v) is 12.6. The molecular weight excluding hydrogens is 450 g/mol. The minimum absolute atomic E-state index is 0.0488. The Morgan fingerprint density at radius 3 is 2.36 bits per heavy atom. The number of pyridine rings is 1. The van der Waals surface area contributed by atoms with E-state index in [1.165, 1.54) is 5.69 Å². The Labute approximate surface area is 211 Å². The fraction of sp³-hybridized carbons (Fsp3) is 0.345. The molecule has 0 atom stereocenters. The van der Waals surface area contributed by atoms with Gasteiger partial charge in [0.05, 0.1) is 36.2 Å². The first-order valence-electron chi connectivity index (χ1n) is 12.6. The van der Waals surface area contributed by atoms with Crippen molar-refractivity contribution in [2.45, 2.75) is 19.9 Å². The Morgan fingerprint density at radius 2 is 1.75 bits per heavy atom. The maximum Gasteiger partial charge on any atom is 0.160 e. The van der Waals surface area contributed by atoms with Crippen LogP contribution in [0.3, 0.4) is 0 Å². The summed E-state index contributed by atoms with van der Waals surface area (Å²) in [4.78, 5) is 22.5. The number of ketones is 1. The molecule has 7 heteroatoms. The Bertz CT molecular complexity index is 1430. The van der Waals surface area contributed by atoms with Crippen LogP contribution >= 0.6 is 0 Å². The van der Waals surface area contributed by atoms with Crippen LogP contribution in [-0.4, -0.2) is 70.9 Å². The van der Waals surface area contributed by atoms with E-state index in [1.807, 2.05) is 36.9 Å². The lowest BCUT2D eigenvalue weighted by Gasteiger charge is -2.43. The number of hydrogen-bond acceptors (Lipinski definition) is 6. The summed E-state index contributed by atoms with van der Waals surface area (Å²) < 4.78 is 7.21. The van der Waals surface area contributed by atoms with E-state index in [9.17, 15) is 4.79 Å². The van der Waals surface area contributed by atoms with Gasteiger partial charge in [-0.05, 0) is 61.4 Å². The van der Waals surface area contributed by atoms with Crippen LogP contribution in [0.4, 0.5) is 5.69 Å². The van der Waals surface area contributed by atoms with Crippen LogP contribution in [0.1, 0.15) is 22.8 Å². The smallest absolute Gasteiger partial charge is 0.160 e. The minimum Gasteiger partial charge on any atom is -0.378 e. The predicted molar refractivity (Wildman–Crippen MR) is 143 cm³/mol. The van der Waals surface area contributed by atoms with Gasteiger partial charge in [0.2, 0.25) is 0 Å². The highest BCUT2D eigenvalue weighted by atomic mass is 16.5. The number of fused-ring (bicyclic) bond motifs is 1. The molecule has 2 aromatic heterocycles. The molecule has 0 saturated carbocycles. The fourth-order valence-electron chi connectivity index (χ4n) is 5.36. The number of ether oxygens (including phenoxy) is 1. The lowest BCUT2D eigenvalue weighted by Crippen LogP contribution is -2.56. The second kappa shape index (κ2) is 9.15. The third kappa shape index (κ3) is 4.08. The van der Waals surface area contributed by atoms with Crippen molar-refractivity contribution < 1.29 is 9.53 Å². The highest BCUT2D eigenvalue weighted by Gasteiger charge is 2.29. The molecule has 184 valence electrons. The van der Waals surface area contributed by atoms with Crippen molar-refractivity contribution in [3.63, 3.8) is 0 Å². The van der Waals surface area contributed by atoms with Crippen LogP contribution in [0, 0.1) is 6.92 Å². The summed E-state index contributed by atoms with van der Waals surface area (Å²) in [7, 11) is 1.93. The summed E-state index contributed by atoms with van der Waals surface area (Å²) in [6.45, 7) is 9.56. The summed E-state index contributed by atoms with van der Waals surface area (Å²) >= 11 is 0. The largest absolute Gasteiger partial charge is 0.378 e. The number of carbonyl (C=O) groups is 1. The van der Waals surface area contributed by atoms with Gasteiger partial charge in [-0.3, -0.25) is 14.4 Å². The highest BCUT2D eigenvalue weighted by molar-refractivity contribution is 6.08. The van der Waals surface area contributed by atoms with Gasteiger partial charge in [0.25, 0.3) is 0 Å². The number of hydrogen-bond donors (Lipinski definition) is 0. The van der Waals surface area contributed by atoms with Crippen molar-refractivity contribution in [3.05, 3.63) is 65.9 Å². The summed E-state index contributed by atoms with van der Waals surface area (Å²) in [5.74, 6) is 0.0488. The van der Waals surface area contributed by atoms with Crippen LogP contribution < -0.4 is 4.90 Å². The number of benzene rings is 2. The lowest BCUT2D eigenvalue weighted by molar-refractivity contribution is -0.0660. The number of aromatic nitrogens is 3. The predicted octanol–water partition coefficient (Wildman–Crippen LogP) is 4.33. The van der Waals surface area contributed by atoms with Crippen molar-refractivity contribution in [2.24, 2.45) is 7.05 Å². The van der Waals surface area contributed by atoms with Gasteiger partial charge in [0.15, 0.2) is 5.78 Å². The number of nitrogens with zero attached hydrogens (tertiary/aromatic N) is 5. The van der Waals surface area contributed by atoms with Crippen LogP contribution in [-0.2, 0) is 11.8 Å². The van der Waals surface area contributed by atoms with E-state index in [4.69, 9.17) is 9.72 Å². The number of Topliss-reactive ketones (excluding diaryl/α,β-unsaturated/α-hetero) is 1. The third-order valence-electron chi connectivity index (χ3n) is 7.52. The molecule has 36 heavy (non-hydrogen) atoms. The molecule has 2 aliphatic heterocycles. The molecule has 4 heterocycles. The van der Waals surface area contributed by atoms with Gasteiger partial charge >= 0.3 is 0 Å². The van der Waals surface area contributed by atoms with Gasteiger partial charge in [-0.25, -0.2) is 4.98 Å². The number of piperazine rings is 1. The Balaban J connectivity index is 1.38. The maximum absolute atomic E-state index is 12.5. The monoisotopic (exact) mass is 481 g/mol. The summed E-state index contributed by atoms with van der Waals surface area (Å²) in [6, 6.07) is 17.5. The molecule has 0 N–H and O–H groups in total. The molecule has 2 saturated heterocycles. The summed E-state index contributed by atoms with van der Waals surface area (Å²) in [6.07, 6.45) is 1.79. The Morgan fingerprint density at radius 1 is 1.00 bits per heavy atom. The summed E-state index contributed by atoms with van der Waals surface area (Å²) in [5, 5.41) is 5.26. The zero-order chi connectivity index (χ0) is 24.8. The molecular formula is C29H31N5O2. The molecule has 7 nitrogen and oxygen atoms in total. The quantitative estimate of drug-likeness (QED) is 0.395. The van der Waals surface area contributed by atoms with Crippen LogP contribution in [0.5, 0.6) is 0 Å². The first kappa shape index (κ1) is 22.9. The van der Waals surface area contributed by atoms with Gasteiger partial charge in [-0.2, -0.15) is 5.10 Å². The summed E-state index contributed by atoms with van der Waals surface area (Å²) in [5.41, 5.74) is 7.68. The molecule has 0 bridgehead atoms. The van der Waals surface area contributed by atoms with Gasteiger partial charge in [-0.15, -0.1) is 0 Å². The Kier molecular flexibility index (Phi) is 5.82. The number of anilines is 1. The SMILES string of the molecule is CC(=O)c1cc(C)cc2nc(-c3ccnn3C)c(-c3ccc(N4CCN(C5COC5)CC4)cc3)cc12. The van der Waals surface area contributed by atoms with Crippen molar-refractivity contribution in [2.75, 3.05) is 44.3 Å². The molecule has 0 spiro atoms. The van der Waals surface area contributed by atoms with E-state index in [1.54, 1.807) is 13.1 Å². The van der Waals surface area contributed by atoms with E-state index >= 15 is 0 Å². The topological polar surface area (TPSA) is 63.5 Å². The highest BCUT2D eigenvalue weighted by Crippen LogP contribution is 2.35. The van der Waals surface area contributed by atoms with Crippen LogP contribution in [0.25, 0.3) is 33.4 Å². The van der Waals surface area contributed by atoms with Crippen molar-refractivity contribution in [1.82, 2.24) is 19.7 Å². The second-order valence-electron chi connectivity index (χ2n) is 9.92. The molecule has 6 rings (SSSR count). The van der Waals surface area contributed by atoms with Crippen LogP contribution in [0.15, 0.2) is 54.7 Å². The molecule has 0 unspecified atom stereocenters. The third-order valence-corrected chi connectivity index (χ3v) is 7.52. The van der Waals surface area contributed by atoms with Crippen LogP contribution in [0.2, 0.25) is 0 Å². The van der Waals surface area contributed by atoms with Gasteiger partial charge in [0.1, 0.15) is 0 Å². The van der Waals surface area contributed by atoms with E-state index in [2.05, 4.69) is 45.2 Å². The zero-order valence-corrected chi connectivity index (χ0v) is 21.1. The van der Waals surface area contributed by atoms with E-state index in [-0.39, 0.29) is 5.78 Å². The average molecular weight is 482 g/mol. The standard InChI is InChI=1S/C29H31N5O2/c1-19-14-24(20(2)35)26-16-25(29(31-27(26)15-19)28-8-9-30-32(28)3)21-4-6-22(7-5-21)33-10-12-34(13-11-33)23-17-36-18-23/h4-9,14-16,23H,10-13,17-18H2,1-3H3. The van der Waals surface area contributed by atoms with Crippen molar-refractivity contribution in [3.8, 4) is 22.5 Å². The molecule has 0 aliphatic carbocycles. The molecule has 0 amide bonds. The minimum atomic E-state index is 0.0488. The number of rotatable bonds is 5. The average Bonchev–Trinajstić information content (AvgIpc) is 3.28. The van der Waals surface area contributed by atoms with E-state index in [0.717, 1.165) is 78.4 Å². The first-order chi connectivity index (χ1) is 17.5. The maximum atomic E-state index is 12.5. The number of carbonyl (C=O) groups excluding carboxylic acids is 1. The lowest BCUT2D eigenvalue weighted by atomic mass is 9.95. The molecule has 4 aromatic rings.